The third-order valence-corrected chi connectivity index (χ3v) is 9.85. The molecule has 0 amide bonds. The van der Waals surface area contributed by atoms with Gasteiger partial charge >= 0.3 is 0 Å². The number of allylic oxidation sites excluding steroid dienone is 2. The molecule has 0 radical (unpaired) electrons. The maximum atomic E-state index is 14.1. The molecule has 170 valence electrons. The Kier molecular flexibility index (Phi) is 6.54. The number of fused-ring (bicyclic) bond motifs is 2. The summed E-state index contributed by atoms with van der Waals surface area (Å²) in [6.07, 6.45) is 21.7. The Balaban J connectivity index is 1.15. The Morgan fingerprint density at radius 1 is 0.710 bits per heavy atom. The van der Waals surface area contributed by atoms with Crippen LogP contribution in [-0.4, -0.2) is 0 Å². The maximum Gasteiger partial charge on any atom is 0.162 e. The van der Waals surface area contributed by atoms with E-state index in [-0.39, 0.29) is 0 Å². The first kappa shape index (κ1) is 21.7. The molecule has 5 rings (SSSR count). The minimum atomic E-state index is -0.676. The predicted octanol–water partition coefficient (Wildman–Crippen LogP) is 8.28. The second-order valence-electron chi connectivity index (χ2n) is 11.4. The van der Waals surface area contributed by atoms with Crippen LogP contribution in [0.15, 0.2) is 24.3 Å². The molecule has 1 aromatic carbocycles. The van der Waals surface area contributed by atoms with Crippen LogP contribution < -0.4 is 0 Å². The van der Waals surface area contributed by atoms with Gasteiger partial charge in [0.1, 0.15) is 0 Å². The van der Waals surface area contributed by atoms with Gasteiger partial charge in [0.2, 0.25) is 0 Å². The smallest absolute Gasteiger partial charge is 0.162 e. The molecule has 0 bridgehead atoms. The van der Waals surface area contributed by atoms with Crippen LogP contribution in [0.3, 0.4) is 0 Å². The molecule has 5 atom stereocenters. The van der Waals surface area contributed by atoms with Crippen molar-refractivity contribution < 1.29 is 8.78 Å². The highest BCUT2D eigenvalue weighted by Crippen LogP contribution is 2.51. The van der Waals surface area contributed by atoms with E-state index in [1.54, 1.807) is 0 Å². The average molecular weight is 427 g/mol. The highest BCUT2D eigenvalue weighted by Gasteiger charge is 2.40. The molecule has 3 saturated carbocycles. The molecule has 5 unspecified atom stereocenters. The van der Waals surface area contributed by atoms with E-state index in [2.05, 4.69) is 19.1 Å². The van der Waals surface area contributed by atoms with E-state index in [0.717, 1.165) is 60.3 Å². The molecule has 0 heterocycles. The van der Waals surface area contributed by atoms with Gasteiger partial charge in [0, 0.05) is 0 Å². The summed E-state index contributed by atoms with van der Waals surface area (Å²) >= 11 is 0. The van der Waals surface area contributed by atoms with Crippen LogP contribution in [0.25, 0.3) is 0 Å². The highest BCUT2D eigenvalue weighted by molar-refractivity contribution is 5.32. The van der Waals surface area contributed by atoms with Gasteiger partial charge in [-0.2, -0.15) is 0 Å². The van der Waals surface area contributed by atoms with Crippen LogP contribution in [0.2, 0.25) is 0 Å². The monoisotopic (exact) mass is 426 g/mol. The zero-order valence-electron chi connectivity index (χ0n) is 19.3. The Hall–Kier alpha value is -1.18. The molecule has 0 spiro atoms. The van der Waals surface area contributed by atoms with Gasteiger partial charge in [-0.25, -0.2) is 8.78 Å². The van der Waals surface area contributed by atoms with Gasteiger partial charge in [-0.3, -0.25) is 0 Å². The molecule has 31 heavy (non-hydrogen) atoms. The van der Waals surface area contributed by atoms with Crippen LogP contribution in [0.5, 0.6) is 0 Å². The number of hydrogen-bond donors (Lipinski definition) is 0. The largest absolute Gasteiger partial charge is 0.204 e. The Bertz CT molecular complexity index is 788. The van der Waals surface area contributed by atoms with Crippen molar-refractivity contribution in [3.05, 3.63) is 47.0 Å². The van der Waals surface area contributed by atoms with Crippen molar-refractivity contribution >= 4 is 0 Å². The van der Waals surface area contributed by atoms with Crippen LogP contribution in [-0.2, 0) is 12.8 Å². The third-order valence-electron chi connectivity index (χ3n) is 9.85. The summed E-state index contributed by atoms with van der Waals surface area (Å²) in [5, 5.41) is 0. The lowest BCUT2D eigenvalue weighted by atomic mass is 9.59. The number of benzene rings is 1. The molecule has 4 aliphatic rings. The van der Waals surface area contributed by atoms with Gasteiger partial charge in [-0.1, -0.05) is 18.2 Å². The SMILES string of the molecule is C/C=C/C1CCC(C2CCC3CC(C4CCc5c(ccc(F)c5F)C4)CCC3C2)CC1. The van der Waals surface area contributed by atoms with Crippen LogP contribution >= 0.6 is 0 Å². The normalized spacial score (nSPS) is 38.6. The molecule has 4 aliphatic carbocycles. The molecule has 0 nitrogen and oxygen atoms in total. The Morgan fingerprint density at radius 3 is 1.94 bits per heavy atom. The van der Waals surface area contributed by atoms with Gasteiger partial charge in [0.05, 0.1) is 0 Å². The summed E-state index contributed by atoms with van der Waals surface area (Å²) in [4.78, 5) is 0. The molecule has 0 aliphatic heterocycles. The maximum absolute atomic E-state index is 14.1. The lowest BCUT2D eigenvalue weighted by Crippen LogP contribution is -2.37. The number of rotatable bonds is 3. The highest BCUT2D eigenvalue weighted by atomic mass is 19.2. The number of halogens is 2. The molecule has 1 aromatic rings. The summed E-state index contributed by atoms with van der Waals surface area (Å²) < 4.78 is 27.7. The van der Waals surface area contributed by atoms with Crippen molar-refractivity contribution in [1.82, 2.24) is 0 Å². The first-order valence-electron chi connectivity index (χ1n) is 13.2. The quantitative estimate of drug-likeness (QED) is 0.427. The number of hydrogen-bond acceptors (Lipinski definition) is 0. The van der Waals surface area contributed by atoms with E-state index in [0.29, 0.717) is 11.5 Å². The molecule has 0 N–H and O–H groups in total. The molecule has 0 saturated heterocycles. The molecule has 2 heteroatoms. The predicted molar refractivity (Wildman–Crippen MR) is 124 cm³/mol. The van der Waals surface area contributed by atoms with Crippen LogP contribution in [0, 0.1) is 53.1 Å². The van der Waals surface area contributed by atoms with Crippen molar-refractivity contribution in [2.75, 3.05) is 0 Å². The van der Waals surface area contributed by atoms with Crippen molar-refractivity contribution in [1.29, 1.82) is 0 Å². The topological polar surface area (TPSA) is 0 Å². The fraction of sp³-hybridized carbons (Fsp3) is 0.724. The minimum absolute atomic E-state index is 0.585. The van der Waals surface area contributed by atoms with Gasteiger partial charge in [-0.05, 0) is 149 Å². The standard InChI is InChI=1S/C29H40F2/c1-2-3-19-4-6-20(7-5-19)21-8-9-23-17-24(11-10-22(23)16-21)25-12-14-27-26(18-25)13-15-28(30)29(27)31/h2-3,13,15,19-25H,4-12,14,16-18H2,1H3/b3-2+. The van der Waals surface area contributed by atoms with E-state index in [4.69, 9.17) is 0 Å². The van der Waals surface area contributed by atoms with Crippen molar-refractivity contribution in [3.8, 4) is 0 Å². The van der Waals surface area contributed by atoms with Crippen LogP contribution in [0.4, 0.5) is 8.78 Å². The Morgan fingerprint density at radius 2 is 1.29 bits per heavy atom. The third kappa shape index (κ3) is 4.51. The van der Waals surface area contributed by atoms with Gasteiger partial charge < -0.3 is 0 Å². The minimum Gasteiger partial charge on any atom is -0.204 e. The van der Waals surface area contributed by atoms with Crippen molar-refractivity contribution in [2.24, 2.45) is 41.4 Å². The van der Waals surface area contributed by atoms with Gasteiger partial charge in [0.15, 0.2) is 11.6 Å². The summed E-state index contributed by atoms with van der Waals surface area (Å²) in [5.74, 6) is 4.94. The summed E-state index contributed by atoms with van der Waals surface area (Å²) in [6, 6.07) is 3.18. The van der Waals surface area contributed by atoms with Crippen LogP contribution in [0.1, 0.15) is 88.7 Å². The van der Waals surface area contributed by atoms with E-state index >= 15 is 0 Å². The first-order chi connectivity index (χ1) is 15.1. The van der Waals surface area contributed by atoms with Crippen molar-refractivity contribution in [2.45, 2.75) is 90.4 Å². The summed E-state index contributed by atoms with van der Waals surface area (Å²) in [5.41, 5.74) is 1.74. The lowest BCUT2D eigenvalue weighted by molar-refractivity contribution is 0.0459. The zero-order valence-corrected chi connectivity index (χ0v) is 19.3. The fourth-order valence-corrected chi connectivity index (χ4v) is 8.11. The van der Waals surface area contributed by atoms with Gasteiger partial charge in [0.25, 0.3) is 0 Å². The summed E-state index contributed by atoms with van der Waals surface area (Å²) in [7, 11) is 0. The van der Waals surface area contributed by atoms with Crippen molar-refractivity contribution in [3.63, 3.8) is 0 Å². The fourth-order valence-electron chi connectivity index (χ4n) is 8.11. The van der Waals surface area contributed by atoms with E-state index in [9.17, 15) is 8.78 Å². The molecule has 0 aromatic heterocycles. The van der Waals surface area contributed by atoms with E-state index in [1.807, 2.05) is 6.07 Å². The van der Waals surface area contributed by atoms with E-state index in [1.165, 1.54) is 70.3 Å². The molecular weight excluding hydrogens is 386 g/mol. The average Bonchev–Trinajstić information content (AvgIpc) is 2.81. The molecular formula is C29H40F2. The zero-order chi connectivity index (χ0) is 21.4. The second kappa shape index (κ2) is 9.36. The van der Waals surface area contributed by atoms with E-state index < -0.39 is 11.6 Å². The summed E-state index contributed by atoms with van der Waals surface area (Å²) in [6.45, 7) is 2.16. The Labute approximate surface area is 187 Å². The lowest BCUT2D eigenvalue weighted by Gasteiger charge is -2.47. The van der Waals surface area contributed by atoms with Gasteiger partial charge in [-0.15, -0.1) is 0 Å². The molecule has 3 fully saturated rings. The second-order valence-corrected chi connectivity index (χ2v) is 11.4. The first-order valence-corrected chi connectivity index (χ1v) is 13.2.